The molecule has 4 rings (SSSR count). The highest BCUT2D eigenvalue weighted by Gasteiger charge is 2.50. The molecule has 0 aromatic heterocycles. The van der Waals surface area contributed by atoms with Crippen molar-refractivity contribution in [3.8, 4) is 6.07 Å². The standard InChI is InChI=1S/C20H23N3O3/c21-13-20(8-4-5-9-20)19(25)23-11-15-10-16(17(12-23)26-15)18(24)22-14-6-2-1-3-7-14/h1-3,6-7,15-17H,4-5,8-12H2,(H,22,24). The number of likely N-dealkylation sites (tertiary alicyclic amines) is 1. The summed E-state index contributed by atoms with van der Waals surface area (Å²) in [7, 11) is 0. The van der Waals surface area contributed by atoms with Crippen LogP contribution < -0.4 is 5.32 Å². The van der Waals surface area contributed by atoms with E-state index < -0.39 is 5.41 Å². The third-order valence-corrected chi connectivity index (χ3v) is 5.90. The highest BCUT2D eigenvalue weighted by atomic mass is 16.5. The van der Waals surface area contributed by atoms with Gasteiger partial charge in [-0.3, -0.25) is 9.59 Å². The van der Waals surface area contributed by atoms with E-state index in [2.05, 4.69) is 11.4 Å². The van der Waals surface area contributed by atoms with Crippen LogP contribution >= 0.6 is 0 Å². The van der Waals surface area contributed by atoms with Crippen molar-refractivity contribution in [2.45, 2.75) is 44.3 Å². The van der Waals surface area contributed by atoms with Gasteiger partial charge in [0.05, 0.1) is 24.2 Å². The quantitative estimate of drug-likeness (QED) is 0.904. The molecule has 3 fully saturated rings. The first-order valence-electron chi connectivity index (χ1n) is 9.33. The summed E-state index contributed by atoms with van der Waals surface area (Å²) in [6.45, 7) is 0.875. The number of nitrogens with zero attached hydrogens (tertiary/aromatic N) is 2. The number of nitriles is 1. The van der Waals surface area contributed by atoms with Crippen LogP contribution in [0.25, 0.3) is 0 Å². The Morgan fingerprint density at radius 1 is 1.19 bits per heavy atom. The van der Waals surface area contributed by atoms with Crippen LogP contribution in [0.3, 0.4) is 0 Å². The summed E-state index contributed by atoms with van der Waals surface area (Å²) in [6.07, 6.45) is 3.35. The van der Waals surface area contributed by atoms with Crippen molar-refractivity contribution >= 4 is 17.5 Å². The van der Waals surface area contributed by atoms with Crippen molar-refractivity contribution in [1.82, 2.24) is 4.90 Å². The van der Waals surface area contributed by atoms with Crippen molar-refractivity contribution in [3.05, 3.63) is 30.3 Å². The number of rotatable bonds is 3. The number of morpholine rings is 1. The lowest BCUT2D eigenvalue weighted by molar-refractivity contribution is -0.149. The average Bonchev–Trinajstić information content (AvgIpc) is 3.27. The summed E-state index contributed by atoms with van der Waals surface area (Å²) in [5.41, 5.74) is -0.0975. The van der Waals surface area contributed by atoms with E-state index in [1.807, 2.05) is 30.3 Å². The van der Waals surface area contributed by atoms with Crippen LogP contribution in [0.4, 0.5) is 5.69 Å². The second-order valence-corrected chi connectivity index (χ2v) is 7.61. The van der Waals surface area contributed by atoms with Crippen LogP contribution in [0.5, 0.6) is 0 Å². The Kier molecular flexibility index (Phi) is 4.41. The van der Waals surface area contributed by atoms with Crippen LogP contribution in [0.2, 0.25) is 0 Å². The molecule has 2 bridgehead atoms. The van der Waals surface area contributed by atoms with Gasteiger partial charge in [-0.05, 0) is 31.4 Å². The summed E-state index contributed by atoms with van der Waals surface area (Å²) in [5.74, 6) is -0.395. The SMILES string of the molecule is N#CC1(C(=O)N2CC3CC(C(=O)Nc4ccccc4)C(C2)O3)CCCC1. The Hall–Kier alpha value is -2.39. The molecular formula is C20H23N3O3. The Balaban J connectivity index is 1.44. The zero-order chi connectivity index (χ0) is 18.1. The molecule has 1 aromatic rings. The molecule has 2 heterocycles. The molecule has 136 valence electrons. The smallest absolute Gasteiger partial charge is 0.243 e. The van der Waals surface area contributed by atoms with E-state index in [0.717, 1.165) is 18.5 Å². The van der Waals surface area contributed by atoms with Crippen molar-refractivity contribution in [2.24, 2.45) is 11.3 Å². The molecule has 1 saturated carbocycles. The molecule has 3 unspecified atom stereocenters. The molecule has 0 spiro atoms. The molecule has 6 heteroatoms. The van der Waals surface area contributed by atoms with Gasteiger partial charge in [0.2, 0.25) is 11.8 Å². The lowest BCUT2D eigenvalue weighted by atomic mass is 9.86. The summed E-state index contributed by atoms with van der Waals surface area (Å²) in [5, 5.41) is 12.5. The summed E-state index contributed by atoms with van der Waals surface area (Å²) < 4.78 is 5.94. The maximum atomic E-state index is 13.0. The van der Waals surface area contributed by atoms with Gasteiger partial charge in [-0.2, -0.15) is 5.26 Å². The van der Waals surface area contributed by atoms with Gasteiger partial charge in [0.25, 0.3) is 0 Å². The molecule has 1 aliphatic carbocycles. The van der Waals surface area contributed by atoms with Gasteiger partial charge in [0.15, 0.2) is 0 Å². The number of anilines is 1. The minimum atomic E-state index is -0.863. The average molecular weight is 353 g/mol. The molecule has 3 aliphatic rings. The number of carbonyl (C=O) groups is 2. The summed E-state index contributed by atoms with van der Waals surface area (Å²) in [4.78, 5) is 27.4. The van der Waals surface area contributed by atoms with Crippen molar-refractivity contribution in [3.63, 3.8) is 0 Å². The zero-order valence-corrected chi connectivity index (χ0v) is 14.7. The van der Waals surface area contributed by atoms with Gasteiger partial charge in [-0.15, -0.1) is 0 Å². The number of amides is 2. The van der Waals surface area contributed by atoms with Crippen molar-refractivity contribution < 1.29 is 14.3 Å². The van der Waals surface area contributed by atoms with E-state index in [9.17, 15) is 14.9 Å². The monoisotopic (exact) mass is 353 g/mol. The summed E-state index contributed by atoms with van der Waals surface area (Å²) >= 11 is 0. The predicted octanol–water partition coefficient (Wildman–Crippen LogP) is 2.32. The molecule has 1 N–H and O–H groups in total. The van der Waals surface area contributed by atoms with Crippen LogP contribution in [-0.2, 0) is 14.3 Å². The molecule has 2 amide bonds. The molecule has 3 atom stereocenters. The second kappa shape index (κ2) is 6.73. The lowest BCUT2D eigenvalue weighted by Gasteiger charge is -2.36. The molecule has 6 nitrogen and oxygen atoms in total. The Morgan fingerprint density at radius 3 is 2.62 bits per heavy atom. The Labute approximate surface area is 153 Å². The minimum absolute atomic E-state index is 0.0612. The molecule has 26 heavy (non-hydrogen) atoms. The third-order valence-electron chi connectivity index (χ3n) is 5.90. The van der Waals surface area contributed by atoms with Gasteiger partial charge in [-0.25, -0.2) is 0 Å². The van der Waals surface area contributed by atoms with E-state index in [0.29, 0.717) is 32.4 Å². The highest BCUT2D eigenvalue weighted by molar-refractivity contribution is 5.93. The van der Waals surface area contributed by atoms with E-state index in [4.69, 9.17) is 4.74 Å². The fraction of sp³-hybridized carbons (Fsp3) is 0.550. The van der Waals surface area contributed by atoms with Crippen LogP contribution in [0, 0.1) is 22.7 Å². The number of nitrogens with one attached hydrogen (secondary N) is 1. The second-order valence-electron chi connectivity index (χ2n) is 7.61. The fourth-order valence-corrected chi connectivity index (χ4v) is 4.51. The molecule has 2 aliphatic heterocycles. The highest BCUT2D eigenvalue weighted by Crippen LogP contribution is 2.41. The lowest BCUT2D eigenvalue weighted by Crippen LogP contribution is -2.51. The number of carbonyl (C=O) groups excluding carboxylic acids is 2. The zero-order valence-electron chi connectivity index (χ0n) is 14.7. The van der Waals surface area contributed by atoms with Crippen LogP contribution in [0.15, 0.2) is 30.3 Å². The van der Waals surface area contributed by atoms with Gasteiger partial charge in [0, 0.05) is 18.8 Å². The molecule has 0 radical (unpaired) electrons. The third kappa shape index (κ3) is 2.97. The van der Waals surface area contributed by atoms with Crippen molar-refractivity contribution in [2.75, 3.05) is 18.4 Å². The molecule has 1 aromatic carbocycles. The first-order chi connectivity index (χ1) is 12.6. The summed E-state index contributed by atoms with van der Waals surface area (Å²) in [6, 6.07) is 11.6. The first kappa shape index (κ1) is 17.0. The normalized spacial score (nSPS) is 29.2. The largest absolute Gasteiger partial charge is 0.370 e. The van der Waals surface area contributed by atoms with Gasteiger partial charge < -0.3 is 15.0 Å². The van der Waals surface area contributed by atoms with E-state index in [-0.39, 0.29) is 29.9 Å². The number of benzene rings is 1. The fourth-order valence-electron chi connectivity index (χ4n) is 4.51. The predicted molar refractivity (Wildman–Crippen MR) is 94.9 cm³/mol. The Bertz CT molecular complexity index is 736. The van der Waals surface area contributed by atoms with E-state index in [1.165, 1.54) is 0 Å². The Morgan fingerprint density at radius 2 is 1.92 bits per heavy atom. The number of hydrogen-bond acceptors (Lipinski definition) is 4. The maximum absolute atomic E-state index is 13.0. The van der Waals surface area contributed by atoms with E-state index in [1.54, 1.807) is 4.90 Å². The van der Waals surface area contributed by atoms with Gasteiger partial charge >= 0.3 is 0 Å². The maximum Gasteiger partial charge on any atom is 0.243 e. The molecule has 2 saturated heterocycles. The van der Waals surface area contributed by atoms with Crippen LogP contribution in [0.1, 0.15) is 32.1 Å². The number of hydrogen-bond donors (Lipinski definition) is 1. The topological polar surface area (TPSA) is 82.4 Å². The van der Waals surface area contributed by atoms with Crippen molar-refractivity contribution in [1.29, 1.82) is 5.26 Å². The number of ether oxygens (including phenoxy) is 1. The minimum Gasteiger partial charge on any atom is -0.370 e. The van der Waals surface area contributed by atoms with Crippen LogP contribution in [-0.4, -0.2) is 42.0 Å². The molecular weight excluding hydrogens is 330 g/mol. The van der Waals surface area contributed by atoms with E-state index >= 15 is 0 Å². The first-order valence-corrected chi connectivity index (χ1v) is 9.33. The number of fused-ring (bicyclic) bond motifs is 2. The van der Waals surface area contributed by atoms with Gasteiger partial charge in [0.1, 0.15) is 5.41 Å². The van der Waals surface area contributed by atoms with Gasteiger partial charge in [-0.1, -0.05) is 31.0 Å². The number of para-hydroxylation sites is 1.